The van der Waals surface area contributed by atoms with Gasteiger partial charge in [0.15, 0.2) is 5.01 Å². The summed E-state index contributed by atoms with van der Waals surface area (Å²) >= 11 is 1.36. The Morgan fingerprint density at radius 2 is 1.78 bits per heavy atom. The summed E-state index contributed by atoms with van der Waals surface area (Å²) in [5, 5.41) is 12.6. The van der Waals surface area contributed by atoms with E-state index in [0.717, 1.165) is 83.5 Å². The van der Waals surface area contributed by atoms with Crippen LogP contribution in [0.15, 0.2) is 77.7 Å². The average molecular weight is 563 g/mol. The number of H-pyrrole nitrogens is 1. The lowest BCUT2D eigenvalue weighted by Crippen LogP contribution is -2.37. The van der Waals surface area contributed by atoms with Crippen molar-refractivity contribution < 1.29 is 0 Å². The number of hydrogen-bond donors (Lipinski definition) is 3. The van der Waals surface area contributed by atoms with E-state index in [1.165, 1.54) is 16.9 Å². The minimum absolute atomic E-state index is 0.0212. The second kappa shape index (κ2) is 10.8. The van der Waals surface area contributed by atoms with Crippen molar-refractivity contribution in [3.8, 4) is 33.0 Å². The van der Waals surface area contributed by atoms with Crippen LogP contribution in [0.1, 0.15) is 30.1 Å². The number of anilines is 2. The second-order valence-corrected chi connectivity index (χ2v) is 11.5. The van der Waals surface area contributed by atoms with Crippen LogP contribution in [0.5, 0.6) is 0 Å². The summed E-state index contributed by atoms with van der Waals surface area (Å²) in [6.07, 6.45) is 7.86. The van der Waals surface area contributed by atoms with Gasteiger partial charge in [-0.1, -0.05) is 72.0 Å². The number of nitrogens with two attached hydrogens (primary N) is 1. The molecule has 1 saturated heterocycles. The van der Waals surface area contributed by atoms with E-state index in [-0.39, 0.29) is 11.7 Å². The number of hydrogen-bond acceptors (Lipinski definition) is 8. The Balaban J connectivity index is 1.07. The predicted molar refractivity (Wildman–Crippen MR) is 165 cm³/mol. The highest BCUT2D eigenvalue weighted by Gasteiger charge is 2.26. The molecule has 2 aliphatic rings. The van der Waals surface area contributed by atoms with Crippen LogP contribution in [0, 0.1) is 0 Å². The first kappa shape index (κ1) is 25.4. The van der Waals surface area contributed by atoms with Crippen molar-refractivity contribution in [1.29, 1.82) is 0 Å². The van der Waals surface area contributed by atoms with Crippen molar-refractivity contribution in [2.45, 2.75) is 25.4 Å². The van der Waals surface area contributed by atoms with Gasteiger partial charge in [0, 0.05) is 55.1 Å². The van der Waals surface area contributed by atoms with Gasteiger partial charge in [-0.2, -0.15) is 0 Å². The first-order valence-corrected chi connectivity index (χ1v) is 14.7. The molecule has 5 heterocycles. The molecule has 206 valence electrons. The number of imidazole rings is 1. The molecular weight excluding hydrogens is 532 g/mol. The number of likely N-dealkylation sites (tertiary alicyclic amines) is 1. The standard InChI is InChI=1S/C31H30N8OS/c32-30-37-36-29(41-30)23-17-25(21-5-2-1-3-6-21)27(34-18-23)22-10-8-20(9-11-22)19-38-15-12-24(13-16-38)39-26-7-4-14-33-28(26)35-31(39)40/h1-11,17-18,24,33H,12-16,19H2,(H2,32,37)(H,35,40). The topological polar surface area (TPSA) is 118 Å². The molecule has 0 unspecified atom stereocenters. The van der Waals surface area contributed by atoms with Gasteiger partial charge in [0.05, 0.1) is 11.4 Å². The lowest BCUT2D eigenvalue weighted by atomic mass is 9.97. The lowest BCUT2D eigenvalue weighted by Gasteiger charge is -2.33. The highest BCUT2D eigenvalue weighted by Crippen LogP contribution is 2.35. The smallest absolute Gasteiger partial charge is 0.327 e. The van der Waals surface area contributed by atoms with Gasteiger partial charge >= 0.3 is 5.69 Å². The molecule has 0 atom stereocenters. The maximum Gasteiger partial charge on any atom is 0.327 e. The minimum atomic E-state index is -0.0212. The molecule has 7 rings (SSSR count). The number of nitrogens with one attached hydrogen (secondary N) is 2. The van der Waals surface area contributed by atoms with Crippen LogP contribution in [-0.2, 0) is 6.54 Å². The zero-order chi connectivity index (χ0) is 27.8. The average Bonchev–Trinajstić information content (AvgIpc) is 3.60. The van der Waals surface area contributed by atoms with Crippen LogP contribution in [0.25, 0.3) is 39.0 Å². The molecule has 0 aliphatic carbocycles. The number of benzene rings is 2. The minimum Gasteiger partial charge on any atom is -0.374 e. The van der Waals surface area contributed by atoms with Crippen LogP contribution in [0.3, 0.4) is 0 Å². The fourth-order valence-corrected chi connectivity index (χ4v) is 6.41. The molecule has 9 nitrogen and oxygen atoms in total. The van der Waals surface area contributed by atoms with Crippen molar-refractivity contribution in [2.24, 2.45) is 0 Å². The number of piperidine rings is 1. The second-order valence-electron chi connectivity index (χ2n) is 10.5. The van der Waals surface area contributed by atoms with E-state index in [4.69, 9.17) is 10.7 Å². The maximum absolute atomic E-state index is 12.6. The fraction of sp³-hybridized carbons (Fsp3) is 0.226. The molecule has 0 spiro atoms. The SMILES string of the molecule is Nc1nnc(-c2cnc(-c3ccc(CN4CCC(n5c6c([nH]c5=O)NCC=C6)CC4)cc3)c(-c3ccccc3)c2)s1. The quantitative estimate of drug-likeness (QED) is 0.258. The van der Waals surface area contributed by atoms with Crippen molar-refractivity contribution >= 4 is 28.4 Å². The Kier molecular flexibility index (Phi) is 6.69. The van der Waals surface area contributed by atoms with E-state index < -0.39 is 0 Å². The number of aromatic amines is 1. The largest absolute Gasteiger partial charge is 0.374 e. The molecule has 1 fully saturated rings. The third-order valence-corrected chi connectivity index (χ3v) is 8.66. The Bertz CT molecular complexity index is 1760. The summed E-state index contributed by atoms with van der Waals surface area (Å²) in [4.78, 5) is 23.0. The molecular formula is C31H30N8OS. The molecule has 2 aromatic carbocycles. The van der Waals surface area contributed by atoms with E-state index in [2.05, 4.69) is 80.0 Å². The molecule has 0 radical (unpaired) electrons. The Morgan fingerprint density at radius 1 is 0.976 bits per heavy atom. The van der Waals surface area contributed by atoms with Crippen LogP contribution >= 0.6 is 11.3 Å². The zero-order valence-corrected chi connectivity index (χ0v) is 23.3. The van der Waals surface area contributed by atoms with E-state index in [0.29, 0.717) is 5.13 Å². The molecule has 3 aromatic heterocycles. The number of fused-ring (bicyclic) bond motifs is 1. The normalized spacial score (nSPS) is 15.5. The molecule has 5 aromatic rings. The van der Waals surface area contributed by atoms with Crippen molar-refractivity contribution in [3.05, 3.63) is 94.7 Å². The summed E-state index contributed by atoms with van der Waals surface area (Å²) < 4.78 is 1.94. The lowest BCUT2D eigenvalue weighted by molar-refractivity contribution is 0.178. The number of nitrogens with zero attached hydrogens (tertiary/aromatic N) is 5. The van der Waals surface area contributed by atoms with E-state index in [9.17, 15) is 4.79 Å². The predicted octanol–water partition coefficient (Wildman–Crippen LogP) is 5.28. The van der Waals surface area contributed by atoms with Crippen molar-refractivity contribution in [1.82, 2.24) is 29.6 Å². The molecule has 41 heavy (non-hydrogen) atoms. The maximum atomic E-state index is 12.6. The summed E-state index contributed by atoms with van der Waals surface area (Å²) in [5.74, 6) is 0.837. The zero-order valence-electron chi connectivity index (χ0n) is 22.5. The Hall–Kier alpha value is -4.54. The number of nitrogen functional groups attached to an aromatic ring is 1. The van der Waals surface area contributed by atoms with E-state index in [1.54, 1.807) is 0 Å². The first-order chi connectivity index (χ1) is 20.1. The van der Waals surface area contributed by atoms with Crippen LogP contribution in [-0.4, -0.2) is 49.3 Å². The summed E-state index contributed by atoms with van der Waals surface area (Å²) in [6.45, 7) is 3.53. The fourth-order valence-electron chi connectivity index (χ4n) is 5.82. The van der Waals surface area contributed by atoms with E-state index in [1.807, 2.05) is 29.0 Å². The van der Waals surface area contributed by atoms with E-state index >= 15 is 0 Å². The third-order valence-electron chi connectivity index (χ3n) is 7.85. The molecule has 4 N–H and O–H groups in total. The van der Waals surface area contributed by atoms with Gasteiger partial charge in [-0.05, 0) is 36.1 Å². The van der Waals surface area contributed by atoms with Gasteiger partial charge in [-0.15, -0.1) is 10.2 Å². The van der Waals surface area contributed by atoms with Crippen LogP contribution < -0.4 is 16.7 Å². The van der Waals surface area contributed by atoms with Crippen molar-refractivity contribution in [3.63, 3.8) is 0 Å². The summed E-state index contributed by atoms with van der Waals surface area (Å²) in [7, 11) is 0. The summed E-state index contributed by atoms with van der Waals surface area (Å²) in [5.41, 5.74) is 13.1. The van der Waals surface area contributed by atoms with Gasteiger partial charge in [0.1, 0.15) is 5.82 Å². The molecule has 2 aliphatic heterocycles. The molecule has 0 saturated carbocycles. The first-order valence-electron chi connectivity index (χ1n) is 13.8. The van der Waals surface area contributed by atoms with Gasteiger partial charge in [0.25, 0.3) is 0 Å². The van der Waals surface area contributed by atoms with Crippen LogP contribution in [0.4, 0.5) is 10.9 Å². The Labute approximate surface area is 241 Å². The monoisotopic (exact) mass is 562 g/mol. The number of pyridine rings is 1. The van der Waals surface area contributed by atoms with Gasteiger partial charge < -0.3 is 11.1 Å². The Morgan fingerprint density at radius 3 is 2.54 bits per heavy atom. The molecule has 0 amide bonds. The summed E-state index contributed by atoms with van der Waals surface area (Å²) in [6, 6.07) is 21.3. The van der Waals surface area contributed by atoms with Gasteiger partial charge in [-0.25, -0.2) is 4.79 Å². The van der Waals surface area contributed by atoms with Gasteiger partial charge in [-0.3, -0.25) is 19.4 Å². The highest BCUT2D eigenvalue weighted by atomic mass is 32.1. The molecule has 0 bridgehead atoms. The molecule has 10 heteroatoms. The third kappa shape index (κ3) is 5.07. The number of aromatic nitrogens is 5. The van der Waals surface area contributed by atoms with Gasteiger partial charge in [0.2, 0.25) is 5.13 Å². The number of rotatable bonds is 6. The van der Waals surface area contributed by atoms with Crippen molar-refractivity contribution in [2.75, 3.05) is 30.7 Å². The highest BCUT2D eigenvalue weighted by molar-refractivity contribution is 7.18. The van der Waals surface area contributed by atoms with Crippen LogP contribution in [0.2, 0.25) is 0 Å².